The molecule has 0 spiro atoms. The Balaban J connectivity index is 2.47. The average molecular weight is 299 g/mol. The summed E-state index contributed by atoms with van der Waals surface area (Å²) in [5.41, 5.74) is 0.545. The lowest BCUT2D eigenvalue weighted by Gasteiger charge is -2.07. The zero-order chi connectivity index (χ0) is 14.0. The molecule has 1 aromatic heterocycles. The molecule has 0 aliphatic rings. The Morgan fingerprint density at radius 1 is 1.32 bits per heavy atom. The number of hydrogen-bond donors (Lipinski definition) is 1. The lowest BCUT2D eigenvalue weighted by atomic mass is 10.3. The van der Waals surface area contributed by atoms with Crippen molar-refractivity contribution in [2.45, 2.75) is 6.92 Å². The summed E-state index contributed by atoms with van der Waals surface area (Å²) in [6, 6.07) is 6.74. The monoisotopic (exact) mass is 298 g/mol. The maximum absolute atomic E-state index is 11.0. The predicted octanol–water partition coefficient (Wildman–Crippen LogP) is 3.74. The molecule has 98 valence electrons. The number of anilines is 2. The fourth-order valence-corrected chi connectivity index (χ4v) is 1.94. The minimum Gasteiger partial charge on any atom is -0.334 e. The molecule has 0 atom stereocenters. The van der Waals surface area contributed by atoms with Crippen LogP contribution in [-0.2, 0) is 0 Å². The van der Waals surface area contributed by atoms with E-state index in [1.54, 1.807) is 24.3 Å². The zero-order valence-corrected chi connectivity index (χ0v) is 11.2. The van der Waals surface area contributed by atoms with Crippen LogP contribution in [-0.4, -0.2) is 14.9 Å². The molecule has 2 aromatic rings. The van der Waals surface area contributed by atoms with Crippen LogP contribution in [0.5, 0.6) is 0 Å². The molecule has 0 saturated heterocycles. The molecule has 0 unspecified atom stereocenters. The number of aromatic nitrogens is 2. The minimum atomic E-state index is -0.557. The van der Waals surface area contributed by atoms with Gasteiger partial charge in [-0.05, 0) is 36.7 Å². The van der Waals surface area contributed by atoms with E-state index in [1.165, 1.54) is 6.92 Å². The van der Waals surface area contributed by atoms with Crippen LogP contribution in [0.25, 0.3) is 0 Å². The molecule has 6 nitrogen and oxygen atoms in total. The summed E-state index contributed by atoms with van der Waals surface area (Å²) in [4.78, 5) is 18.1. The summed E-state index contributed by atoms with van der Waals surface area (Å²) < 4.78 is 0. The van der Waals surface area contributed by atoms with Crippen LogP contribution in [0.15, 0.2) is 24.3 Å². The standard InChI is InChI=1S/C11H8Cl2N4O2/c1-6-9(17(18)19)10(16-11(13)14-6)15-8-4-2-3-7(12)5-8/h2-5H,1H3,(H,14,15,16). The molecule has 1 N–H and O–H groups in total. The summed E-state index contributed by atoms with van der Waals surface area (Å²) in [6.45, 7) is 1.49. The van der Waals surface area contributed by atoms with Gasteiger partial charge in [0, 0.05) is 10.7 Å². The van der Waals surface area contributed by atoms with E-state index in [0.29, 0.717) is 10.7 Å². The third-order valence-corrected chi connectivity index (χ3v) is 2.71. The first-order valence-electron chi connectivity index (χ1n) is 5.18. The third-order valence-electron chi connectivity index (χ3n) is 2.30. The number of halogens is 2. The van der Waals surface area contributed by atoms with Gasteiger partial charge in [-0.1, -0.05) is 17.7 Å². The van der Waals surface area contributed by atoms with Crippen molar-refractivity contribution in [3.05, 3.63) is 50.4 Å². The van der Waals surface area contributed by atoms with E-state index < -0.39 is 4.92 Å². The van der Waals surface area contributed by atoms with E-state index in [4.69, 9.17) is 23.2 Å². The molecule has 2 rings (SSSR count). The molecular weight excluding hydrogens is 291 g/mol. The fraction of sp³-hybridized carbons (Fsp3) is 0.0909. The van der Waals surface area contributed by atoms with Gasteiger partial charge in [-0.15, -0.1) is 0 Å². The Morgan fingerprint density at radius 3 is 2.68 bits per heavy atom. The average Bonchev–Trinajstić information content (AvgIpc) is 2.26. The van der Waals surface area contributed by atoms with E-state index in [0.717, 1.165) is 0 Å². The van der Waals surface area contributed by atoms with E-state index in [1.807, 2.05) is 0 Å². The summed E-state index contributed by atoms with van der Waals surface area (Å²) in [5.74, 6) is 0.0322. The quantitative estimate of drug-likeness (QED) is 0.530. The highest BCUT2D eigenvalue weighted by Crippen LogP contribution is 2.29. The van der Waals surface area contributed by atoms with E-state index >= 15 is 0 Å². The Labute approximate surface area is 118 Å². The van der Waals surface area contributed by atoms with Crippen molar-refractivity contribution in [1.29, 1.82) is 0 Å². The summed E-state index contributed by atoms with van der Waals surface area (Å²) >= 11 is 11.6. The SMILES string of the molecule is Cc1nc(Cl)nc(Nc2cccc(Cl)c2)c1[N+](=O)[O-]. The van der Waals surface area contributed by atoms with Crippen LogP contribution >= 0.6 is 23.2 Å². The Morgan fingerprint density at radius 2 is 2.05 bits per heavy atom. The van der Waals surface area contributed by atoms with Gasteiger partial charge in [0.1, 0.15) is 5.69 Å². The first-order chi connectivity index (χ1) is 8.97. The van der Waals surface area contributed by atoms with Gasteiger partial charge in [0.2, 0.25) is 11.1 Å². The number of aryl methyl sites for hydroxylation is 1. The van der Waals surface area contributed by atoms with Crippen molar-refractivity contribution < 1.29 is 4.92 Å². The number of nitrogens with zero attached hydrogens (tertiary/aromatic N) is 3. The van der Waals surface area contributed by atoms with Crippen LogP contribution in [0.3, 0.4) is 0 Å². The first kappa shape index (κ1) is 13.5. The van der Waals surface area contributed by atoms with Gasteiger partial charge in [-0.25, -0.2) is 4.98 Å². The molecule has 0 fully saturated rings. The van der Waals surface area contributed by atoms with Crippen LogP contribution in [0.2, 0.25) is 10.3 Å². The van der Waals surface area contributed by atoms with Gasteiger partial charge >= 0.3 is 5.69 Å². The van der Waals surface area contributed by atoms with E-state index in [2.05, 4.69) is 15.3 Å². The summed E-state index contributed by atoms with van der Waals surface area (Å²) in [6.07, 6.45) is 0. The lowest BCUT2D eigenvalue weighted by Crippen LogP contribution is -2.04. The lowest BCUT2D eigenvalue weighted by molar-refractivity contribution is -0.385. The van der Waals surface area contributed by atoms with Gasteiger partial charge < -0.3 is 5.32 Å². The fourth-order valence-electron chi connectivity index (χ4n) is 1.54. The molecule has 0 radical (unpaired) electrons. The molecule has 1 aromatic carbocycles. The summed E-state index contributed by atoms with van der Waals surface area (Å²) in [5, 5.41) is 14.3. The number of nitro groups is 1. The Kier molecular flexibility index (Phi) is 3.82. The maximum atomic E-state index is 11.0. The van der Waals surface area contributed by atoms with Gasteiger partial charge in [0.05, 0.1) is 4.92 Å². The van der Waals surface area contributed by atoms with E-state index in [9.17, 15) is 10.1 Å². The van der Waals surface area contributed by atoms with Crippen molar-refractivity contribution in [3.63, 3.8) is 0 Å². The van der Waals surface area contributed by atoms with Crippen LogP contribution in [0.4, 0.5) is 17.2 Å². The Hall–Kier alpha value is -1.92. The zero-order valence-electron chi connectivity index (χ0n) is 9.72. The molecule has 19 heavy (non-hydrogen) atoms. The highest BCUT2D eigenvalue weighted by molar-refractivity contribution is 6.30. The molecule has 0 amide bonds. The van der Waals surface area contributed by atoms with Crippen molar-refractivity contribution >= 4 is 40.4 Å². The van der Waals surface area contributed by atoms with Gasteiger partial charge in [0.25, 0.3) is 0 Å². The van der Waals surface area contributed by atoms with Gasteiger partial charge in [0.15, 0.2) is 0 Å². The highest BCUT2D eigenvalue weighted by atomic mass is 35.5. The topological polar surface area (TPSA) is 81.0 Å². The normalized spacial score (nSPS) is 10.3. The summed E-state index contributed by atoms with van der Waals surface area (Å²) in [7, 11) is 0. The predicted molar refractivity (Wildman–Crippen MR) is 73.2 cm³/mol. The van der Waals surface area contributed by atoms with Crippen LogP contribution in [0.1, 0.15) is 5.69 Å². The number of hydrogen-bond acceptors (Lipinski definition) is 5. The maximum Gasteiger partial charge on any atom is 0.332 e. The number of nitrogens with one attached hydrogen (secondary N) is 1. The smallest absolute Gasteiger partial charge is 0.332 e. The van der Waals surface area contributed by atoms with E-state index in [-0.39, 0.29) is 22.5 Å². The Bertz CT molecular complexity index is 649. The van der Waals surface area contributed by atoms with Crippen molar-refractivity contribution in [3.8, 4) is 0 Å². The molecule has 1 heterocycles. The first-order valence-corrected chi connectivity index (χ1v) is 5.94. The van der Waals surface area contributed by atoms with Gasteiger partial charge in [-0.2, -0.15) is 4.98 Å². The largest absolute Gasteiger partial charge is 0.334 e. The number of benzene rings is 1. The molecule has 0 saturated carbocycles. The molecule has 8 heteroatoms. The van der Waals surface area contributed by atoms with Crippen molar-refractivity contribution in [1.82, 2.24) is 9.97 Å². The second-order valence-electron chi connectivity index (χ2n) is 3.67. The molecule has 0 bridgehead atoms. The minimum absolute atomic E-state index is 0.0322. The highest BCUT2D eigenvalue weighted by Gasteiger charge is 2.21. The van der Waals surface area contributed by atoms with Crippen molar-refractivity contribution in [2.24, 2.45) is 0 Å². The molecule has 0 aliphatic carbocycles. The van der Waals surface area contributed by atoms with Crippen LogP contribution < -0.4 is 5.32 Å². The molecular formula is C11H8Cl2N4O2. The molecule has 0 aliphatic heterocycles. The van der Waals surface area contributed by atoms with Crippen molar-refractivity contribution in [2.75, 3.05) is 5.32 Å². The second-order valence-corrected chi connectivity index (χ2v) is 4.44. The second kappa shape index (κ2) is 5.38. The third kappa shape index (κ3) is 3.10. The van der Waals surface area contributed by atoms with Crippen LogP contribution in [0, 0.1) is 17.0 Å². The number of rotatable bonds is 3. The van der Waals surface area contributed by atoms with Gasteiger partial charge in [-0.3, -0.25) is 10.1 Å².